The number of halogens is 1. The molecule has 2 aromatic rings. The van der Waals surface area contributed by atoms with Crippen LogP contribution in [0.25, 0.3) is 0 Å². The van der Waals surface area contributed by atoms with Gasteiger partial charge >= 0.3 is 0 Å². The first-order valence-electron chi connectivity index (χ1n) is 7.16. The van der Waals surface area contributed by atoms with E-state index in [1.807, 2.05) is 31.2 Å². The molecule has 0 unspecified atom stereocenters. The zero-order valence-corrected chi connectivity index (χ0v) is 14.8. The van der Waals surface area contributed by atoms with Gasteiger partial charge in [0.2, 0.25) is 0 Å². The first-order chi connectivity index (χ1) is 11.9. The highest BCUT2D eigenvalue weighted by molar-refractivity contribution is 9.10. The number of anilines is 1. The van der Waals surface area contributed by atoms with Crippen LogP contribution in [0, 0.1) is 17.0 Å². The summed E-state index contributed by atoms with van der Waals surface area (Å²) >= 11 is 3.03. The number of phenolic OH excluding ortho intramolecular Hbond substituents is 1. The lowest BCUT2D eigenvalue weighted by Crippen LogP contribution is -2.25. The molecule has 0 atom stereocenters. The highest BCUT2D eigenvalue weighted by Crippen LogP contribution is 2.31. The molecule has 0 aromatic heterocycles. The number of rotatable bonds is 6. The Bertz CT molecular complexity index is 822. The summed E-state index contributed by atoms with van der Waals surface area (Å²) in [7, 11) is 0. The van der Waals surface area contributed by atoms with Crippen molar-refractivity contribution in [1.82, 2.24) is 5.43 Å². The molecule has 0 aliphatic carbocycles. The summed E-state index contributed by atoms with van der Waals surface area (Å²) in [5.41, 5.74) is 4.08. The van der Waals surface area contributed by atoms with Crippen molar-refractivity contribution in [1.29, 1.82) is 0 Å². The van der Waals surface area contributed by atoms with Gasteiger partial charge in [0.05, 0.1) is 22.2 Å². The van der Waals surface area contributed by atoms with Gasteiger partial charge in [0.1, 0.15) is 5.75 Å². The SMILES string of the molecule is Cc1ccc(NCC(=O)NN=Cc2cc([N+](=O)[O-])cc(Br)c2O)cc1. The molecule has 0 fully saturated rings. The van der Waals surface area contributed by atoms with Crippen molar-refractivity contribution in [3.63, 3.8) is 0 Å². The topological polar surface area (TPSA) is 117 Å². The summed E-state index contributed by atoms with van der Waals surface area (Å²) in [6, 6.07) is 9.87. The number of nitro groups is 1. The first kappa shape index (κ1) is 18.4. The molecule has 0 radical (unpaired) electrons. The van der Waals surface area contributed by atoms with Gasteiger partial charge in [-0.2, -0.15) is 5.10 Å². The molecule has 0 saturated carbocycles. The molecule has 1 amide bonds. The fraction of sp³-hybridized carbons (Fsp3) is 0.125. The molecule has 9 heteroatoms. The van der Waals surface area contributed by atoms with Crippen LogP contribution in [-0.4, -0.2) is 28.7 Å². The second kappa shape index (κ2) is 8.25. The number of aromatic hydroxyl groups is 1. The molecule has 2 aromatic carbocycles. The maximum absolute atomic E-state index is 11.7. The van der Waals surface area contributed by atoms with Gasteiger partial charge < -0.3 is 10.4 Å². The van der Waals surface area contributed by atoms with E-state index < -0.39 is 10.8 Å². The van der Waals surface area contributed by atoms with E-state index in [-0.39, 0.29) is 28.0 Å². The van der Waals surface area contributed by atoms with Crippen molar-refractivity contribution in [2.75, 3.05) is 11.9 Å². The minimum absolute atomic E-state index is 0.00498. The van der Waals surface area contributed by atoms with Crippen LogP contribution < -0.4 is 10.7 Å². The molecular weight excluding hydrogens is 392 g/mol. The van der Waals surface area contributed by atoms with E-state index in [0.29, 0.717) is 0 Å². The molecule has 0 bridgehead atoms. The predicted molar refractivity (Wildman–Crippen MR) is 97.9 cm³/mol. The number of benzene rings is 2. The second-order valence-electron chi connectivity index (χ2n) is 5.14. The summed E-state index contributed by atoms with van der Waals surface area (Å²) < 4.78 is 0.163. The zero-order chi connectivity index (χ0) is 18.4. The number of hydrazone groups is 1. The smallest absolute Gasteiger partial charge is 0.271 e. The fourth-order valence-electron chi connectivity index (χ4n) is 1.88. The number of nitrogens with zero attached hydrogens (tertiary/aromatic N) is 2. The Morgan fingerprint density at radius 2 is 2.04 bits per heavy atom. The van der Waals surface area contributed by atoms with Crippen molar-refractivity contribution in [2.24, 2.45) is 5.10 Å². The minimum Gasteiger partial charge on any atom is -0.506 e. The third-order valence-corrected chi connectivity index (χ3v) is 3.79. The third-order valence-electron chi connectivity index (χ3n) is 3.19. The second-order valence-corrected chi connectivity index (χ2v) is 5.99. The average Bonchev–Trinajstić information content (AvgIpc) is 2.57. The van der Waals surface area contributed by atoms with Crippen LogP contribution in [0.15, 0.2) is 46.0 Å². The number of phenols is 1. The van der Waals surface area contributed by atoms with Crippen LogP contribution in [0.2, 0.25) is 0 Å². The average molecular weight is 407 g/mol. The Kier molecular flexibility index (Phi) is 6.07. The van der Waals surface area contributed by atoms with Crippen LogP contribution in [0.1, 0.15) is 11.1 Å². The fourth-order valence-corrected chi connectivity index (χ4v) is 2.34. The van der Waals surface area contributed by atoms with Crippen molar-refractivity contribution >= 4 is 39.4 Å². The molecule has 8 nitrogen and oxygen atoms in total. The van der Waals surface area contributed by atoms with E-state index in [4.69, 9.17) is 0 Å². The van der Waals surface area contributed by atoms with Gasteiger partial charge in [-0.3, -0.25) is 14.9 Å². The number of hydrogen-bond acceptors (Lipinski definition) is 6. The molecule has 0 spiro atoms. The van der Waals surface area contributed by atoms with Crippen LogP contribution >= 0.6 is 15.9 Å². The Morgan fingerprint density at radius 1 is 1.36 bits per heavy atom. The van der Waals surface area contributed by atoms with E-state index in [1.54, 1.807) is 0 Å². The maximum atomic E-state index is 11.7. The summed E-state index contributed by atoms with van der Waals surface area (Å²) in [4.78, 5) is 22.0. The first-order valence-corrected chi connectivity index (χ1v) is 7.95. The molecule has 3 N–H and O–H groups in total. The minimum atomic E-state index is -0.592. The number of carbonyl (C=O) groups is 1. The van der Waals surface area contributed by atoms with E-state index in [0.717, 1.165) is 23.5 Å². The number of carbonyl (C=O) groups excluding carboxylic acids is 1. The lowest BCUT2D eigenvalue weighted by atomic mass is 10.2. The largest absolute Gasteiger partial charge is 0.506 e. The maximum Gasteiger partial charge on any atom is 0.271 e. The van der Waals surface area contributed by atoms with E-state index in [1.165, 1.54) is 6.07 Å². The van der Waals surface area contributed by atoms with Gasteiger partial charge in [-0.25, -0.2) is 5.43 Å². The van der Waals surface area contributed by atoms with Crippen LogP contribution in [-0.2, 0) is 4.79 Å². The Hall–Kier alpha value is -2.94. The number of aryl methyl sites for hydroxylation is 1. The van der Waals surface area contributed by atoms with Crippen LogP contribution in [0.4, 0.5) is 11.4 Å². The molecule has 25 heavy (non-hydrogen) atoms. The summed E-state index contributed by atoms with van der Waals surface area (Å²) in [6.45, 7) is 1.97. The van der Waals surface area contributed by atoms with Crippen molar-refractivity contribution in [3.8, 4) is 5.75 Å². The summed E-state index contributed by atoms with van der Waals surface area (Å²) in [6.07, 6.45) is 1.14. The molecule has 0 aliphatic rings. The van der Waals surface area contributed by atoms with Gasteiger partial charge in [-0.1, -0.05) is 17.7 Å². The van der Waals surface area contributed by atoms with Crippen molar-refractivity contribution in [2.45, 2.75) is 6.92 Å². The van der Waals surface area contributed by atoms with E-state index in [2.05, 4.69) is 31.8 Å². The van der Waals surface area contributed by atoms with Crippen molar-refractivity contribution < 1.29 is 14.8 Å². The highest BCUT2D eigenvalue weighted by atomic mass is 79.9. The number of non-ortho nitro benzene ring substituents is 1. The van der Waals surface area contributed by atoms with E-state index >= 15 is 0 Å². The van der Waals surface area contributed by atoms with Gasteiger partial charge in [-0.05, 0) is 35.0 Å². The summed E-state index contributed by atoms with van der Waals surface area (Å²) in [5.74, 6) is -0.609. The van der Waals surface area contributed by atoms with Crippen LogP contribution in [0.5, 0.6) is 5.75 Å². The Labute approximate surface area is 151 Å². The lowest BCUT2D eigenvalue weighted by Gasteiger charge is -2.05. The normalized spacial score (nSPS) is 10.6. The van der Waals surface area contributed by atoms with Gasteiger partial charge in [0.15, 0.2) is 0 Å². The lowest BCUT2D eigenvalue weighted by molar-refractivity contribution is -0.385. The molecule has 0 heterocycles. The summed E-state index contributed by atoms with van der Waals surface area (Å²) in [5, 5.41) is 27.3. The molecule has 130 valence electrons. The van der Waals surface area contributed by atoms with Crippen LogP contribution in [0.3, 0.4) is 0 Å². The monoisotopic (exact) mass is 406 g/mol. The molecule has 2 rings (SSSR count). The molecular formula is C16H15BrN4O4. The third kappa shape index (κ3) is 5.28. The number of hydrogen-bond donors (Lipinski definition) is 3. The number of nitrogens with one attached hydrogen (secondary N) is 2. The van der Waals surface area contributed by atoms with Crippen molar-refractivity contribution in [3.05, 3.63) is 62.1 Å². The number of nitro benzene ring substituents is 1. The Balaban J connectivity index is 1.95. The standard InChI is InChI=1S/C16H15BrN4O4/c1-10-2-4-12(5-3-10)18-9-15(22)20-19-8-11-6-13(21(24)25)7-14(17)16(11)23/h2-8,18,23H,9H2,1H3,(H,20,22). The van der Waals surface area contributed by atoms with Gasteiger partial charge in [0, 0.05) is 23.4 Å². The van der Waals surface area contributed by atoms with Gasteiger partial charge in [-0.15, -0.1) is 0 Å². The predicted octanol–water partition coefficient (Wildman–Crippen LogP) is 2.93. The highest BCUT2D eigenvalue weighted by Gasteiger charge is 2.13. The number of amides is 1. The molecule has 0 aliphatic heterocycles. The molecule has 0 saturated heterocycles. The quantitative estimate of drug-likeness (QED) is 0.387. The van der Waals surface area contributed by atoms with Gasteiger partial charge in [0.25, 0.3) is 11.6 Å². The van der Waals surface area contributed by atoms with E-state index in [9.17, 15) is 20.0 Å². The zero-order valence-electron chi connectivity index (χ0n) is 13.2. The Morgan fingerprint density at radius 3 is 2.68 bits per heavy atom.